The molecule has 1 heterocycles. The first kappa shape index (κ1) is 13.3. The molecule has 1 N–H and O–H groups in total. The van der Waals surface area contributed by atoms with Gasteiger partial charge >= 0.3 is 5.97 Å². The van der Waals surface area contributed by atoms with Gasteiger partial charge in [-0.3, -0.25) is 9.59 Å². The van der Waals surface area contributed by atoms with E-state index in [1.54, 1.807) is 24.5 Å². The van der Waals surface area contributed by atoms with Gasteiger partial charge in [0.25, 0.3) is 5.56 Å². The Labute approximate surface area is 111 Å². The lowest BCUT2D eigenvalue weighted by molar-refractivity contribution is -0.147. The van der Waals surface area contributed by atoms with Gasteiger partial charge in [0.2, 0.25) is 0 Å². The highest BCUT2D eigenvalue weighted by molar-refractivity contribution is 5.78. The molecule has 1 aromatic carbocycles. The van der Waals surface area contributed by atoms with Crippen molar-refractivity contribution in [2.75, 3.05) is 0 Å². The largest absolute Gasteiger partial charge is 0.481 e. The highest BCUT2D eigenvalue weighted by Gasteiger charge is 2.26. The molecule has 0 bridgehead atoms. The van der Waals surface area contributed by atoms with Crippen molar-refractivity contribution >= 4 is 16.9 Å². The topological polar surface area (TPSA) is 59.3 Å². The lowest BCUT2D eigenvalue weighted by atomic mass is 9.89. The van der Waals surface area contributed by atoms with E-state index in [0.29, 0.717) is 13.0 Å². The molecular formula is C15H17NO3. The minimum Gasteiger partial charge on any atom is -0.481 e. The maximum atomic E-state index is 11.9. The van der Waals surface area contributed by atoms with Crippen molar-refractivity contribution < 1.29 is 9.90 Å². The minimum atomic E-state index is -0.846. The van der Waals surface area contributed by atoms with E-state index in [9.17, 15) is 9.59 Å². The van der Waals surface area contributed by atoms with E-state index in [0.717, 1.165) is 10.9 Å². The number of carbonyl (C=O) groups is 1. The Morgan fingerprint density at radius 1 is 1.21 bits per heavy atom. The van der Waals surface area contributed by atoms with Crippen LogP contribution in [0.5, 0.6) is 0 Å². The molecule has 4 heteroatoms. The van der Waals surface area contributed by atoms with Crippen LogP contribution in [0.25, 0.3) is 10.9 Å². The summed E-state index contributed by atoms with van der Waals surface area (Å²) in [4.78, 5) is 23.0. The first-order valence-corrected chi connectivity index (χ1v) is 6.24. The number of aryl methyl sites for hydroxylation is 1. The predicted molar refractivity (Wildman–Crippen MR) is 74.2 cm³/mol. The third kappa shape index (κ3) is 2.67. The molecule has 0 aliphatic heterocycles. The standard InChI is InChI=1S/C15H17NO3/c1-15(2,14(18)19)9-10-16-12-6-4-3-5-11(12)7-8-13(16)17/h3-8H,9-10H2,1-2H3,(H,18,19). The molecular weight excluding hydrogens is 242 g/mol. The highest BCUT2D eigenvalue weighted by Crippen LogP contribution is 2.22. The van der Waals surface area contributed by atoms with Gasteiger partial charge in [-0.15, -0.1) is 0 Å². The Bertz CT molecular complexity index is 670. The fourth-order valence-electron chi connectivity index (χ4n) is 1.97. The van der Waals surface area contributed by atoms with Crippen molar-refractivity contribution in [1.82, 2.24) is 4.57 Å². The Morgan fingerprint density at radius 3 is 2.58 bits per heavy atom. The van der Waals surface area contributed by atoms with E-state index < -0.39 is 11.4 Å². The van der Waals surface area contributed by atoms with Crippen LogP contribution < -0.4 is 5.56 Å². The summed E-state index contributed by atoms with van der Waals surface area (Å²) in [5, 5.41) is 10.1. The zero-order valence-corrected chi connectivity index (χ0v) is 11.1. The van der Waals surface area contributed by atoms with E-state index >= 15 is 0 Å². The lowest BCUT2D eigenvalue weighted by Crippen LogP contribution is -2.28. The maximum absolute atomic E-state index is 11.9. The van der Waals surface area contributed by atoms with Gasteiger partial charge in [0.15, 0.2) is 0 Å². The average molecular weight is 259 g/mol. The van der Waals surface area contributed by atoms with Crippen molar-refractivity contribution in [2.24, 2.45) is 5.41 Å². The fraction of sp³-hybridized carbons (Fsp3) is 0.333. The summed E-state index contributed by atoms with van der Waals surface area (Å²) in [6, 6.07) is 10.9. The third-order valence-corrected chi connectivity index (χ3v) is 3.44. The second-order valence-corrected chi connectivity index (χ2v) is 5.32. The van der Waals surface area contributed by atoms with Crippen LogP contribution >= 0.6 is 0 Å². The molecule has 100 valence electrons. The Kier molecular flexibility index (Phi) is 3.42. The van der Waals surface area contributed by atoms with E-state index in [1.165, 1.54) is 6.07 Å². The molecule has 0 fully saturated rings. The smallest absolute Gasteiger partial charge is 0.309 e. The minimum absolute atomic E-state index is 0.0973. The first-order chi connectivity index (χ1) is 8.92. The summed E-state index contributed by atoms with van der Waals surface area (Å²) in [5.41, 5.74) is -0.0906. The average Bonchev–Trinajstić information content (AvgIpc) is 2.37. The Morgan fingerprint density at radius 2 is 1.89 bits per heavy atom. The van der Waals surface area contributed by atoms with Gasteiger partial charge in [0, 0.05) is 12.6 Å². The number of hydrogen-bond acceptors (Lipinski definition) is 2. The quantitative estimate of drug-likeness (QED) is 0.917. The molecule has 0 amide bonds. The second kappa shape index (κ2) is 4.88. The summed E-state index contributed by atoms with van der Waals surface area (Å²) in [6.45, 7) is 3.75. The molecule has 0 radical (unpaired) electrons. The fourth-order valence-corrected chi connectivity index (χ4v) is 1.97. The van der Waals surface area contributed by atoms with Gasteiger partial charge in [0.05, 0.1) is 10.9 Å². The molecule has 0 saturated heterocycles. The normalized spacial score (nSPS) is 11.7. The Balaban J connectivity index is 2.38. The van der Waals surface area contributed by atoms with Crippen molar-refractivity contribution in [3.63, 3.8) is 0 Å². The second-order valence-electron chi connectivity index (χ2n) is 5.32. The molecule has 0 aliphatic rings. The van der Waals surface area contributed by atoms with Gasteiger partial charge in [-0.05, 0) is 37.8 Å². The molecule has 19 heavy (non-hydrogen) atoms. The molecule has 0 aliphatic carbocycles. The van der Waals surface area contributed by atoms with E-state index in [4.69, 9.17) is 5.11 Å². The molecule has 0 saturated carbocycles. The number of benzene rings is 1. The maximum Gasteiger partial charge on any atom is 0.309 e. The number of hydrogen-bond donors (Lipinski definition) is 1. The highest BCUT2D eigenvalue weighted by atomic mass is 16.4. The molecule has 2 rings (SSSR count). The van der Waals surface area contributed by atoms with Crippen LogP contribution in [0.2, 0.25) is 0 Å². The van der Waals surface area contributed by atoms with Crippen LogP contribution in [0.4, 0.5) is 0 Å². The summed E-state index contributed by atoms with van der Waals surface area (Å²) in [7, 11) is 0. The molecule has 4 nitrogen and oxygen atoms in total. The summed E-state index contributed by atoms with van der Waals surface area (Å²) >= 11 is 0. The molecule has 0 atom stereocenters. The van der Waals surface area contributed by atoms with Crippen molar-refractivity contribution in [3.8, 4) is 0 Å². The van der Waals surface area contributed by atoms with Crippen molar-refractivity contribution in [3.05, 3.63) is 46.8 Å². The number of aliphatic carboxylic acids is 1. The molecule has 0 spiro atoms. The number of fused-ring (bicyclic) bond motifs is 1. The van der Waals surface area contributed by atoms with Gasteiger partial charge < -0.3 is 9.67 Å². The van der Waals surface area contributed by atoms with E-state index in [1.807, 2.05) is 24.3 Å². The van der Waals surface area contributed by atoms with Crippen molar-refractivity contribution in [2.45, 2.75) is 26.8 Å². The summed E-state index contributed by atoms with van der Waals surface area (Å²) in [6.07, 6.45) is 0.413. The number of nitrogens with zero attached hydrogens (tertiary/aromatic N) is 1. The number of pyridine rings is 1. The zero-order chi connectivity index (χ0) is 14.0. The number of carboxylic acid groups (broad SMARTS) is 1. The molecule has 0 unspecified atom stereocenters. The molecule has 2 aromatic rings. The molecule has 1 aromatic heterocycles. The van der Waals surface area contributed by atoms with Gasteiger partial charge in [-0.25, -0.2) is 0 Å². The van der Waals surface area contributed by atoms with Crippen LogP contribution in [0.15, 0.2) is 41.2 Å². The number of carboxylic acids is 1. The van der Waals surface area contributed by atoms with E-state index in [-0.39, 0.29) is 5.56 Å². The Hall–Kier alpha value is -2.10. The monoisotopic (exact) mass is 259 g/mol. The van der Waals surface area contributed by atoms with Crippen LogP contribution in [-0.4, -0.2) is 15.6 Å². The van der Waals surface area contributed by atoms with E-state index in [2.05, 4.69) is 0 Å². The summed E-state index contributed by atoms with van der Waals surface area (Å²) < 4.78 is 1.64. The number of para-hydroxylation sites is 1. The van der Waals surface area contributed by atoms with Crippen LogP contribution in [0.1, 0.15) is 20.3 Å². The SMILES string of the molecule is CC(C)(CCn1c(=O)ccc2ccccc21)C(=O)O. The summed E-state index contributed by atoms with van der Waals surface area (Å²) in [5.74, 6) is -0.846. The number of aromatic nitrogens is 1. The first-order valence-electron chi connectivity index (χ1n) is 6.24. The van der Waals surface area contributed by atoms with Gasteiger partial charge in [-0.2, -0.15) is 0 Å². The lowest BCUT2D eigenvalue weighted by Gasteiger charge is -2.20. The predicted octanol–water partition coefficient (Wildman–Crippen LogP) is 2.50. The number of rotatable bonds is 4. The van der Waals surface area contributed by atoms with Crippen LogP contribution in [-0.2, 0) is 11.3 Å². The third-order valence-electron chi connectivity index (χ3n) is 3.44. The van der Waals surface area contributed by atoms with Crippen LogP contribution in [0.3, 0.4) is 0 Å². The van der Waals surface area contributed by atoms with Crippen LogP contribution in [0, 0.1) is 5.41 Å². The van der Waals surface area contributed by atoms with Crippen molar-refractivity contribution in [1.29, 1.82) is 0 Å². The zero-order valence-electron chi connectivity index (χ0n) is 11.1. The van der Waals surface area contributed by atoms with Gasteiger partial charge in [0.1, 0.15) is 0 Å². The van der Waals surface area contributed by atoms with Gasteiger partial charge in [-0.1, -0.05) is 18.2 Å².